The van der Waals surface area contributed by atoms with Gasteiger partial charge in [-0.15, -0.1) is 0 Å². The molecule has 1 amide bonds. The van der Waals surface area contributed by atoms with E-state index in [0.29, 0.717) is 33.9 Å². The van der Waals surface area contributed by atoms with Gasteiger partial charge in [0.05, 0.1) is 6.20 Å². The van der Waals surface area contributed by atoms with Crippen molar-refractivity contribution in [2.45, 2.75) is 32.6 Å². The van der Waals surface area contributed by atoms with Crippen LogP contribution in [0.2, 0.25) is 0 Å². The van der Waals surface area contributed by atoms with Crippen LogP contribution in [-0.2, 0) is 4.79 Å². The molecule has 0 aromatic carbocycles. The van der Waals surface area contributed by atoms with E-state index >= 15 is 0 Å². The van der Waals surface area contributed by atoms with Crippen molar-refractivity contribution < 1.29 is 4.79 Å². The van der Waals surface area contributed by atoms with Crippen molar-refractivity contribution in [1.82, 2.24) is 9.97 Å². The summed E-state index contributed by atoms with van der Waals surface area (Å²) < 4.78 is 1.13. The fourth-order valence-corrected chi connectivity index (χ4v) is 2.66. The van der Waals surface area contributed by atoms with Gasteiger partial charge in [0.2, 0.25) is 5.91 Å². The van der Waals surface area contributed by atoms with Gasteiger partial charge in [-0.25, -0.2) is 9.97 Å². The lowest BCUT2D eigenvalue weighted by Crippen LogP contribution is -2.16. The van der Waals surface area contributed by atoms with Gasteiger partial charge in [0.25, 0.3) is 0 Å². The lowest BCUT2D eigenvalue weighted by Gasteiger charge is -2.13. The van der Waals surface area contributed by atoms with E-state index in [1.807, 2.05) is 0 Å². The van der Waals surface area contributed by atoms with Crippen LogP contribution >= 0.6 is 31.9 Å². The number of anilines is 1. The van der Waals surface area contributed by atoms with Gasteiger partial charge < -0.3 is 11.1 Å². The van der Waals surface area contributed by atoms with Crippen molar-refractivity contribution in [3.8, 4) is 0 Å². The molecule has 1 atom stereocenters. The van der Waals surface area contributed by atoms with Gasteiger partial charge in [-0.1, -0.05) is 13.3 Å². The predicted molar refractivity (Wildman–Crippen MR) is 82.7 cm³/mol. The fraction of sp³-hybridized carbons (Fsp3) is 0.583. The zero-order chi connectivity index (χ0) is 14.3. The number of nitrogens with two attached hydrogens (primary N) is 1. The summed E-state index contributed by atoms with van der Waals surface area (Å²) >= 11 is 6.47. The van der Waals surface area contributed by atoms with Gasteiger partial charge in [-0.05, 0) is 57.2 Å². The van der Waals surface area contributed by atoms with E-state index in [1.54, 1.807) is 6.20 Å². The second kappa shape index (κ2) is 8.60. The molecule has 0 bridgehead atoms. The molecular weight excluding hydrogens is 376 g/mol. The summed E-state index contributed by atoms with van der Waals surface area (Å²) in [5.74, 6) is 0.906. The Kier molecular flexibility index (Phi) is 7.48. The Morgan fingerprint density at radius 2 is 2.21 bits per heavy atom. The molecule has 7 heteroatoms. The Balaban J connectivity index is 2.46. The minimum atomic E-state index is -0.0483. The SMILES string of the molecule is CCC(CCN)CCC(=O)Nc1ncc(Br)nc1Br. The second-order valence-corrected chi connectivity index (χ2v) is 5.83. The number of aromatic nitrogens is 2. The number of carbonyl (C=O) groups excluding carboxylic acids is 1. The van der Waals surface area contributed by atoms with E-state index in [-0.39, 0.29) is 5.91 Å². The average molecular weight is 394 g/mol. The summed E-state index contributed by atoms with van der Waals surface area (Å²) in [6.07, 6.45) is 4.88. The zero-order valence-electron chi connectivity index (χ0n) is 10.8. The molecule has 0 saturated heterocycles. The molecule has 0 fully saturated rings. The van der Waals surface area contributed by atoms with E-state index in [9.17, 15) is 4.79 Å². The maximum atomic E-state index is 11.8. The number of rotatable bonds is 7. The topological polar surface area (TPSA) is 80.9 Å². The number of amides is 1. The van der Waals surface area contributed by atoms with E-state index < -0.39 is 0 Å². The molecule has 1 unspecified atom stereocenters. The van der Waals surface area contributed by atoms with Crippen LogP contribution in [0.25, 0.3) is 0 Å². The van der Waals surface area contributed by atoms with Gasteiger partial charge in [0.1, 0.15) is 9.21 Å². The third-order valence-electron chi connectivity index (χ3n) is 2.89. The molecule has 0 radical (unpaired) electrons. The van der Waals surface area contributed by atoms with Gasteiger partial charge in [0, 0.05) is 6.42 Å². The van der Waals surface area contributed by atoms with E-state index in [2.05, 4.69) is 54.1 Å². The number of hydrogen-bond donors (Lipinski definition) is 2. The summed E-state index contributed by atoms with van der Waals surface area (Å²) in [4.78, 5) is 20.0. The second-order valence-electron chi connectivity index (χ2n) is 4.27. The predicted octanol–water partition coefficient (Wildman–Crippen LogP) is 3.10. The normalized spacial score (nSPS) is 12.2. The number of nitrogens with one attached hydrogen (secondary N) is 1. The Morgan fingerprint density at radius 1 is 1.47 bits per heavy atom. The molecule has 0 saturated carbocycles. The minimum absolute atomic E-state index is 0.0483. The summed E-state index contributed by atoms with van der Waals surface area (Å²) in [6, 6.07) is 0. The van der Waals surface area contributed by atoms with Crippen molar-refractivity contribution >= 4 is 43.6 Å². The molecule has 3 N–H and O–H groups in total. The van der Waals surface area contributed by atoms with Gasteiger partial charge in [0.15, 0.2) is 5.82 Å². The lowest BCUT2D eigenvalue weighted by atomic mass is 9.96. The fourth-order valence-electron chi connectivity index (χ4n) is 1.75. The number of nitrogens with zero attached hydrogens (tertiary/aromatic N) is 2. The molecule has 1 rings (SSSR count). The Labute approximate surface area is 130 Å². The smallest absolute Gasteiger partial charge is 0.225 e. The first-order valence-corrected chi connectivity index (χ1v) is 7.83. The van der Waals surface area contributed by atoms with Crippen LogP contribution < -0.4 is 11.1 Å². The van der Waals surface area contributed by atoms with Crippen molar-refractivity contribution in [3.63, 3.8) is 0 Å². The van der Waals surface area contributed by atoms with Crippen molar-refractivity contribution in [2.24, 2.45) is 11.7 Å². The Hall–Kier alpha value is -0.530. The zero-order valence-corrected chi connectivity index (χ0v) is 14.0. The summed E-state index contributed by atoms with van der Waals surface area (Å²) in [6.45, 7) is 2.79. The van der Waals surface area contributed by atoms with Crippen molar-refractivity contribution in [1.29, 1.82) is 0 Å². The van der Waals surface area contributed by atoms with Crippen LogP contribution in [0.3, 0.4) is 0 Å². The van der Waals surface area contributed by atoms with Crippen molar-refractivity contribution in [2.75, 3.05) is 11.9 Å². The number of hydrogen-bond acceptors (Lipinski definition) is 4. The molecule has 5 nitrogen and oxygen atoms in total. The summed E-state index contributed by atoms with van der Waals surface area (Å²) in [5, 5.41) is 2.75. The highest BCUT2D eigenvalue weighted by Gasteiger charge is 2.11. The van der Waals surface area contributed by atoms with E-state index in [1.165, 1.54) is 0 Å². The Bertz CT molecular complexity index is 428. The molecule has 1 aromatic heterocycles. The van der Waals surface area contributed by atoms with Crippen LogP contribution in [0.15, 0.2) is 15.4 Å². The van der Waals surface area contributed by atoms with Crippen LogP contribution in [0.4, 0.5) is 5.82 Å². The molecule has 0 aliphatic heterocycles. The number of carbonyl (C=O) groups is 1. The van der Waals surface area contributed by atoms with Gasteiger partial charge in [-0.3, -0.25) is 4.79 Å². The van der Waals surface area contributed by atoms with Crippen molar-refractivity contribution in [3.05, 3.63) is 15.4 Å². The minimum Gasteiger partial charge on any atom is -0.330 e. The molecule has 106 valence electrons. The first-order chi connectivity index (χ1) is 9.06. The molecule has 0 aliphatic carbocycles. The maximum Gasteiger partial charge on any atom is 0.225 e. The average Bonchev–Trinajstić information content (AvgIpc) is 2.38. The molecule has 1 heterocycles. The first kappa shape index (κ1) is 16.5. The maximum absolute atomic E-state index is 11.8. The van der Waals surface area contributed by atoms with Gasteiger partial charge in [-0.2, -0.15) is 0 Å². The summed E-state index contributed by atoms with van der Waals surface area (Å²) in [5.41, 5.74) is 5.54. The van der Waals surface area contributed by atoms with E-state index in [0.717, 1.165) is 19.3 Å². The van der Waals surface area contributed by atoms with Crippen LogP contribution in [0, 0.1) is 5.92 Å². The van der Waals surface area contributed by atoms with Crippen LogP contribution in [-0.4, -0.2) is 22.4 Å². The quantitative estimate of drug-likeness (QED) is 0.745. The Morgan fingerprint density at radius 3 is 2.79 bits per heavy atom. The largest absolute Gasteiger partial charge is 0.330 e. The van der Waals surface area contributed by atoms with Crippen LogP contribution in [0.1, 0.15) is 32.6 Å². The summed E-state index contributed by atoms with van der Waals surface area (Å²) in [7, 11) is 0. The standard InChI is InChI=1S/C12H18Br2N4O/c1-2-8(5-6-15)3-4-10(19)18-12-11(14)17-9(13)7-16-12/h7-8H,2-6,15H2,1H3,(H,16,18,19). The van der Waals surface area contributed by atoms with Crippen LogP contribution in [0.5, 0.6) is 0 Å². The highest BCUT2D eigenvalue weighted by Crippen LogP contribution is 2.20. The van der Waals surface area contributed by atoms with Gasteiger partial charge >= 0.3 is 0 Å². The molecule has 0 spiro atoms. The molecule has 1 aromatic rings. The molecular formula is C12H18Br2N4O. The monoisotopic (exact) mass is 392 g/mol. The third kappa shape index (κ3) is 5.97. The molecule has 0 aliphatic rings. The first-order valence-electron chi connectivity index (χ1n) is 6.24. The highest BCUT2D eigenvalue weighted by atomic mass is 79.9. The number of halogens is 2. The lowest BCUT2D eigenvalue weighted by molar-refractivity contribution is -0.116. The third-order valence-corrected chi connectivity index (χ3v) is 3.83. The highest BCUT2D eigenvalue weighted by molar-refractivity contribution is 9.11. The molecule has 19 heavy (non-hydrogen) atoms. The van der Waals surface area contributed by atoms with E-state index in [4.69, 9.17) is 5.73 Å².